The van der Waals surface area contributed by atoms with E-state index in [1.165, 1.54) is 45.1 Å². The van der Waals surface area contributed by atoms with E-state index in [4.69, 9.17) is 4.74 Å². The first-order chi connectivity index (χ1) is 10.9. The van der Waals surface area contributed by atoms with E-state index in [9.17, 15) is 4.79 Å². The molecule has 1 amide bonds. The summed E-state index contributed by atoms with van der Waals surface area (Å²) in [7, 11) is 0. The lowest BCUT2D eigenvalue weighted by molar-refractivity contribution is 0.0488. The van der Waals surface area contributed by atoms with Crippen LogP contribution in [0.4, 0.5) is 4.79 Å². The Balaban J connectivity index is 1.39. The number of carbonyl (C=O) groups is 1. The highest BCUT2D eigenvalue weighted by molar-refractivity contribution is 5.68. The van der Waals surface area contributed by atoms with Gasteiger partial charge in [0.1, 0.15) is 5.60 Å². The first-order valence-corrected chi connectivity index (χ1v) is 9.62. The van der Waals surface area contributed by atoms with Gasteiger partial charge in [0.05, 0.1) is 0 Å². The second-order valence-electron chi connectivity index (χ2n) is 9.05. The van der Waals surface area contributed by atoms with Crippen LogP contribution in [-0.2, 0) is 4.74 Å². The summed E-state index contributed by atoms with van der Waals surface area (Å²) >= 11 is 0. The van der Waals surface area contributed by atoms with Crippen LogP contribution in [0.1, 0.15) is 72.1 Å². The Labute approximate surface area is 141 Å². The highest BCUT2D eigenvalue weighted by atomic mass is 16.6. The predicted octanol–water partition coefficient (Wildman–Crippen LogP) is 3.85. The largest absolute Gasteiger partial charge is 0.444 e. The molecule has 3 fully saturated rings. The third-order valence-electron chi connectivity index (χ3n) is 5.95. The van der Waals surface area contributed by atoms with E-state index in [1.54, 1.807) is 0 Å². The highest BCUT2D eigenvalue weighted by Gasteiger charge is 2.39. The normalized spacial score (nSPS) is 36.9. The van der Waals surface area contributed by atoms with Crippen LogP contribution in [-0.4, -0.2) is 30.3 Å². The van der Waals surface area contributed by atoms with Crippen LogP contribution < -0.4 is 10.6 Å². The van der Waals surface area contributed by atoms with E-state index in [2.05, 4.69) is 10.6 Å². The molecule has 132 valence electrons. The Bertz CT molecular complexity index is 418. The van der Waals surface area contributed by atoms with Crippen LogP contribution in [0, 0.1) is 17.8 Å². The zero-order chi connectivity index (χ0) is 16.4. The zero-order valence-electron chi connectivity index (χ0n) is 15.1. The molecule has 0 saturated heterocycles. The molecule has 3 aliphatic carbocycles. The van der Waals surface area contributed by atoms with Crippen LogP contribution in [0.5, 0.6) is 0 Å². The third kappa shape index (κ3) is 4.85. The molecule has 5 unspecified atom stereocenters. The highest BCUT2D eigenvalue weighted by Crippen LogP contribution is 2.48. The van der Waals surface area contributed by atoms with Crippen molar-refractivity contribution in [3.63, 3.8) is 0 Å². The van der Waals surface area contributed by atoms with Crippen molar-refractivity contribution in [3.05, 3.63) is 0 Å². The number of alkyl carbamates (subject to hydrolysis) is 1. The van der Waals surface area contributed by atoms with E-state index >= 15 is 0 Å². The summed E-state index contributed by atoms with van der Waals surface area (Å²) in [6.07, 6.45) is 10.2. The Hall–Kier alpha value is -0.770. The molecule has 3 saturated carbocycles. The molecule has 3 rings (SSSR count). The third-order valence-corrected chi connectivity index (χ3v) is 5.95. The molecule has 4 nitrogen and oxygen atoms in total. The van der Waals surface area contributed by atoms with E-state index in [-0.39, 0.29) is 12.1 Å². The maximum absolute atomic E-state index is 11.9. The van der Waals surface area contributed by atoms with Crippen molar-refractivity contribution in [1.29, 1.82) is 0 Å². The van der Waals surface area contributed by atoms with Crippen LogP contribution >= 0.6 is 0 Å². The minimum atomic E-state index is -0.418. The number of nitrogens with one attached hydrogen (secondary N) is 2. The number of fused-ring (bicyclic) bond motifs is 2. The van der Waals surface area contributed by atoms with E-state index in [0.717, 1.165) is 30.6 Å². The fraction of sp³-hybridized carbons (Fsp3) is 0.947. The van der Waals surface area contributed by atoms with Gasteiger partial charge < -0.3 is 15.4 Å². The van der Waals surface area contributed by atoms with Crippen molar-refractivity contribution in [3.8, 4) is 0 Å². The molecular formula is C19H34N2O2. The first-order valence-electron chi connectivity index (χ1n) is 9.62. The molecule has 4 heteroatoms. The Morgan fingerprint density at radius 1 is 1.04 bits per heavy atom. The van der Waals surface area contributed by atoms with Gasteiger partial charge in [-0.3, -0.25) is 0 Å². The fourth-order valence-corrected chi connectivity index (χ4v) is 4.93. The van der Waals surface area contributed by atoms with Crippen molar-refractivity contribution in [2.45, 2.75) is 89.8 Å². The van der Waals surface area contributed by atoms with Gasteiger partial charge in [0, 0.05) is 12.1 Å². The van der Waals surface area contributed by atoms with Crippen molar-refractivity contribution in [2.75, 3.05) is 6.54 Å². The maximum Gasteiger partial charge on any atom is 0.407 e. The minimum Gasteiger partial charge on any atom is -0.444 e. The quantitative estimate of drug-likeness (QED) is 0.826. The Kier molecular flexibility index (Phi) is 5.19. The Morgan fingerprint density at radius 2 is 1.83 bits per heavy atom. The monoisotopic (exact) mass is 322 g/mol. The molecule has 5 atom stereocenters. The number of hydrogen-bond acceptors (Lipinski definition) is 3. The second kappa shape index (κ2) is 7.00. The predicted molar refractivity (Wildman–Crippen MR) is 92.4 cm³/mol. The maximum atomic E-state index is 11.9. The van der Waals surface area contributed by atoms with Crippen molar-refractivity contribution >= 4 is 6.09 Å². The molecular weight excluding hydrogens is 288 g/mol. The van der Waals surface area contributed by atoms with E-state index in [0.29, 0.717) is 6.04 Å². The summed E-state index contributed by atoms with van der Waals surface area (Å²) < 4.78 is 5.38. The standard InChI is InChI=1S/C19H34N2O2/c1-19(2,3)23-18(22)21-17-6-4-5-16(11-17)20-12-15-10-13-7-8-14(15)9-13/h13-17,20H,4-12H2,1-3H3,(H,21,22). The second-order valence-corrected chi connectivity index (χ2v) is 9.05. The topological polar surface area (TPSA) is 50.4 Å². The molecule has 0 radical (unpaired) electrons. The van der Waals surface area contributed by atoms with E-state index < -0.39 is 5.60 Å². The number of amides is 1. The minimum absolute atomic E-state index is 0.260. The van der Waals surface area contributed by atoms with Crippen molar-refractivity contribution in [2.24, 2.45) is 17.8 Å². The summed E-state index contributed by atoms with van der Waals surface area (Å²) in [4.78, 5) is 11.9. The van der Waals surface area contributed by atoms with Crippen molar-refractivity contribution in [1.82, 2.24) is 10.6 Å². The lowest BCUT2D eigenvalue weighted by atomic mass is 9.87. The number of ether oxygens (including phenoxy) is 1. The summed E-state index contributed by atoms with van der Waals surface area (Å²) in [5.74, 6) is 2.93. The van der Waals surface area contributed by atoms with Crippen molar-refractivity contribution < 1.29 is 9.53 Å². The molecule has 0 aliphatic heterocycles. The molecule has 2 N–H and O–H groups in total. The molecule has 0 aromatic rings. The van der Waals surface area contributed by atoms with Gasteiger partial charge in [0.25, 0.3) is 0 Å². The smallest absolute Gasteiger partial charge is 0.407 e. The van der Waals surface area contributed by atoms with Crippen LogP contribution in [0.2, 0.25) is 0 Å². The fourth-order valence-electron chi connectivity index (χ4n) is 4.93. The first kappa shape index (κ1) is 17.1. The molecule has 0 aromatic carbocycles. The molecule has 0 heterocycles. The zero-order valence-corrected chi connectivity index (χ0v) is 15.1. The number of carbonyl (C=O) groups excluding carboxylic acids is 1. The average molecular weight is 322 g/mol. The summed E-state index contributed by atoms with van der Waals surface area (Å²) in [6, 6.07) is 0.818. The molecule has 23 heavy (non-hydrogen) atoms. The van der Waals surface area contributed by atoms with Gasteiger partial charge in [-0.1, -0.05) is 6.42 Å². The Morgan fingerprint density at radius 3 is 2.48 bits per heavy atom. The van der Waals surface area contributed by atoms with Gasteiger partial charge >= 0.3 is 6.09 Å². The lowest BCUT2D eigenvalue weighted by Gasteiger charge is -2.32. The number of rotatable bonds is 4. The van der Waals surface area contributed by atoms with Gasteiger partial charge in [0.15, 0.2) is 0 Å². The van der Waals surface area contributed by atoms with Gasteiger partial charge in [-0.05, 0) is 90.0 Å². The molecule has 0 spiro atoms. The van der Waals surface area contributed by atoms with Crippen LogP contribution in [0.15, 0.2) is 0 Å². The average Bonchev–Trinajstić information content (AvgIpc) is 3.06. The van der Waals surface area contributed by atoms with Gasteiger partial charge in [0.2, 0.25) is 0 Å². The lowest BCUT2D eigenvalue weighted by Crippen LogP contribution is -2.46. The van der Waals surface area contributed by atoms with Gasteiger partial charge in [-0.15, -0.1) is 0 Å². The van der Waals surface area contributed by atoms with Crippen LogP contribution in [0.3, 0.4) is 0 Å². The van der Waals surface area contributed by atoms with Gasteiger partial charge in [-0.2, -0.15) is 0 Å². The van der Waals surface area contributed by atoms with E-state index in [1.807, 2.05) is 20.8 Å². The summed E-state index contributed by atoms with van der Waals surface area (Å²) in [5.41, 5.74) is -0.418. The van der Waals surface area contributed by atoms with Gasteiger partial charge in [-0.25, -0.2) is 4.79 Å². The SMILES string of the molecule is CC(C)(C)OC(=O)NC1CCCC(NCC2CC3CCC2C3)C1. The summed E-state index contributed by atoms with van der Waals surface area (Å²) in [6.45, 7) is 6.92. The molecule has 3 aliphatic rings. The summed E-state index contributed by atoms with van der Waals surface area (Å²) in [5, 5.41) is 6.87. The van der Waals surface area contributed by atoms with Crippen LogP contribution in [0.25, 0.3) is 0 Å². The molecule has 0 aromatic heterocycles. The number of hydrogen-bond donors (Lipinski definition) is 2. The molecule has 2 bridgehead atoms.